The molecule has 148 valence electrons. The summed E-state index contributed by atoms with van der Waals surface area (Å²) in [5, 5.41) is 3.06. The Morgan fingerprint density at radius 2 is 1.86 bits per heavy atom. The predicted octanol–water partition coefficient (Wildman–Crippen LogP) is 3.20. The molecule has 1 aliphatic heterocycles. The monoisotopic (exact) mass is 379 g/mol. The molecule has 1 heterocycles. The van der Waals surface area contributed by atoms with E-state index in [1.54, 1.807) is 0 Å². The van der Waals surface area contributed by atoms with Gasteiger partial charge in [0.2, 0.25) is 11.8 Å². The SMILES string of the molecule is CC[C@H](C(=O)NCc1ccc(N2CCC[C@@H](C(N)=O)C2)cc1)c1ccccc1. The number of carbonyl (C=O) groups is 2. The number of rotatable bonds is 7. The van der Waals surface area contributed by atoms with E-state index in [4.69, 9.17) is 5.73 Å². The molecule has 2 atom stereocenters. The van der Waals surface area contributed by atoms with Crippen LogP contribution in [0.25, 0.3) is 0 Å². The highest BCUT2D eigenvalue weighted by Crippen LogP contribution is 2.24. The molecule has 0 radical (unpaired) electrons. The van der Waals surface area contributed by atoms with Crippen LogP contribution in [0.5, 0.6) is 0 Å². The van der Waals surface area contributed by atoms with Crippen molar-refractivity contribution in [1.82, 2.24) is 5.32 Å². The number of benzene rings is 2. The first kappa shape index (κ1) is 19.9. The van der Waals surface area contributed by atoms with Gasteiger partial charge in [-0.2, -0.15) is 0 Å². The van der Waals surface area contributed by atoms with Gasteiger partial charge in [-0.3, -0.25) is 9.59 Å². The van der Waals surface area contributed by atoms with E-state index >= 15 is 0 Å². The topological polar surface area (TPSA) is 75.4 Å². The molecule has 2 aromatic rings. The van der Waals surface area contributed by atoms with E-state index in [1.807, 2.05) is 49.4 Å². The number of nitrogens with zero attached hydrogens (tertiary/aromatic N) is 1. The molecule has 3 rings (SSSR count). The number of carbonyl (C=O) groups excluding carboxylic acids is 2. The minimum Gasteiger partial charge on any atom is -0.371 e. The lowest BCUT2D eigenvalue weighted by atomic mass is 9.95. The molecule has 1 aliphatic rings. The Kier molecular flexibility index (Phi) is 6.69. The lowest BCUT2D eigenvalue weighted by Crippen LogP contribution is -2.41. The second-order valence-electron chi connectivity index (χ2n) is 7.44. The predicted molar refractivity (Wildman–Crippen MR) is 112 cm³/mol. The van der Waals surface area contributed by atoms with Gasteiger partial charge in [-0.1, -0.05) is 49.4 Å². The summed E-state index contributed by atoms with van der Waals surface area (Å²) in [7, 11) is 0. The molecule has 0 spiro atoms. The van der Waals surface area contributed by atoms with Crippen molar-refractivity contribution in [3.05, 3.63) is 65.7 Å². The maximum absolute atomic E-state index is 12.6. The number of anilines is 1. The second kappa shape index (κ2) is 9.40. The van der Waals surface area contributed by atoms with Gasteiger partial charge in [0, 0.05) is 25.3 Å². The third-order valence-corrected chi connectivity index (χ3v) is 5.52. The summed E-state index contributed by atoms with van der Waals surface area (Å²) in [5.74, 6) is -0.359. The van der Waals surface area contributed by atoms with Crippen LogP contribution in [0.4, 0.5) is 5.69 Å². The molecule has 0 unspecified atom stereocenters. The van der Waals surface area contributed by atoms with Crippen LogP contribution in [-0.4, -0.2) is 24.9 Å². The summed E-state index contributed by atoms with van der Waals surface area (Å²) in [4.78, 5) is 26.3. The van der Waals surface area contributed by atoms with E-state index in [1.165, 1.54) is 0 Å². The number of nitrogens with two attached hydrogens (primary N) is 1. The van der Waals surface area contributed by atoms with Gasteiger partial charge in [0.05, 0.1) is 11.8 Å². The molecule has 0 aliphatic carbocycles. The van der Waals surface area contributed by atoms with Gasteiger partial charge in [0.15, 0.2) is 0 Å². The molecule has 5 nitrogen and oxygen atoms in total. The number of nitrogens with one attached hydrogen (secondary N) is 1. The number of hydrogen-bond donors (Lipinski definition) is 2. The molecular weight excluding hydrogens is 350 g/mol. The van der Waals surface area contributed by atoms with Crippen LogP contribution in [0, 0.1) is 5.92 Å². The van der Waals surface area contributed by atoms with Crippen molar-refractivity contribution >= 4 is 17.5 Å². The molecule has 0 saturated carbocycles. The Balaban J connectivity index is 1.57. The van der Waals surface area contributed by atoms with Crippen molar-refractivity contribution in [1.29, 1.82) is 0 Å². The molecule has 1 saturated heterocycles. The third kappa shape index (κ3) is 4.91. The highest BCUT2D eigenvalue weighted by atomic mass is 16.2. The van der Waals surface area contributed by atoms with Crippen molar-refractivity contribution in [2.45, 2.75) is 38.6 Å². The van der Waals surface area contributed by atoms with Gasteiger partial charge in [-0.15, -0.1) is 0 Å². The summed E-state index contributed by atoms with van der Waals surface area (Å²) in [6.07, 6.45) is 2.62. The molecule has 1 fully saturated rings. The average Bonchev–Trinajstić information content (AvgIpc) is 2.74. The number of primary amides is 1. The van der Waals surface area contributed by atoms with Gasteiger partial charge < -0.3 is 16.0 Å². The van der Waals surface area contributed by atoms with Crippen LogP contribution >= 0.6 is 0 Å². The molecule has 3 N–H and O–H groups in total. The van der Waals surface area contributed by atoms with Crippen molar-refractivity contribution < 1.29 is 9.59 Å². The van der Waals surface area contributed by atoms with Crippen molar-refractivity contribution in [3.63, 3.8) is 0 Å². The molecule has 5 heteroatoms. The fraction of sp³-hybridized carbons (Fsp3) is 0.391. The smallest absolute Gasteiger partial charge is 0.227 e. The first-order valence-corrected chi connectivity index (χ1v) is 10.0. The first-order valence-electron chi connectivity index (χ1n) is 10.0. The van der Waals surface area contributed by atoms with Crippen LogP contribution in [-0.2, 0) is 16.1 Å². The van der Waals surface area contributed by atoms with Crippen molar-refractivity contribution in [3.8, 4) is 0 Å². The first-order chi connectivity index (χ1) is 13.6. The van der Waals surface area contributed by atoms with Gasteiger partial charge >= 0.3 is 0 Å². The van der Waals surface area contributed by atoms with Crippen molar-refractivity contribution in [2.75, 3.05) is 18.0 Å². The van der Waals surface area contributed by atoms with Gasteiger partial charge in [-0.05, 0) is 42.5 Å². The Labute approximate surface area is 166 Å². The second-order valence-corrected chi connectivity index (χ2v) is 7.44. The summed E-state index contributed by atoms with van der Waals surface area (Å²) >= 11 is 0. The summed E-state index contributed by atoms with van der Waals surface area (Å²) in [6.45, 7) is 4.16. The highest BCUT2D eigenvalue weighted by molar-refractivity contribution is 5.83. The normalized spacial score (nSPS) is 17.8. The average molecular weight is 380 g/mol. The minimum absolute atomic E-state index is 0.0538. The zero-order valence-electron chi connectivity index (χ0n) is 16.4. The summed E-state index contributed by atoms with van der Waals surface area (Å²) < 4.78 is 0. The van der Waals surface area contributed by atoms with Crippen LogP contribution in [0.1, 0.15) is 43.2 Å². The Morgan fingerprint density at radius 1 is 1.14 bits per heavy atom. The Bertz CT molecular complexity index is 789. The van der Waals surface area contributed by atoms with E-state index in [9.17, 15) is 9.59 Å². The molecule has 2 aromatic carbocycles. The third-order valence-electron chi connectivity index (χ3n) is 5.52. The Morgan fingerprint density at radius 3 is 2.50 bits per heavy atom. The van der Waals surface area contributed by atoms with Gasteiger partial charge in [-0.25, -0.2) is 0 Å². The van der Waals surface area contributed by atoms with Crippen LogP contribution in [0.2, 0.25) is 0 Å². The lowest BCUT2D eigenvalue weighted by Gasteiger charge is -2.33. The van der Waals surface area contributed by atoms with Gasteiger partial charge in [0.25, 0.3) is 0 Å². The largest absolute Gasteiger partial charge is 0.371 e. The van der Waals surface area contributed by atoms with Crippen molar-refractivity contribution in [2.24, 2.45) is 11.7 Å². The Hall–Kier alpha value is -2.82. The molecular formula is C23H29N3O2. The van der Waals surface area contributed by atoms with Crippen LogP contribution in [0.15, 0.2) is 54.6 Å². The van der Waals surface area contributed by atoms with E-state index in [2.05, 4.69) is 22.3 Å². The standard InChI is InChI=1S/C23H29N3O2/c1-2-21(18-7-4-3-5-8-18)23(28)25-15-17-10-12-20(13-11-17)26-14-6-9-19(16-26)22(24)27/h3-5,7-8,10-13,19,21H,2,6,9,14-16H2,1H3,(H2,24,27)(H,25,28)/t19-,21+/m1/s1. The van der Waals surface area contributed by atoms with E-state index in [0.717, 1.165) is 42.6 Å². The van der Waals surface area contributed by atoms with Crippen LogP contribution < -0.4 is 16.0 Å². The zero-order chi connectivity index (χ0) is 19.9. The fourth-order valence-corrected chi connectivity index (χ4v) is 3.84. The zero-order valence-corrected chi connectivity index (χ0v) is 16.4. The molecule has 0 aromatic heterocycles. The summed E-state index contributed by atoms with van der Waals surface area (Å²) in [6, 6.07) is 18.1. The number of piperidine rings is 1. The summed E-state index contributed by atoms with van der Waals surface area (Å²) in [5.41, 5.74) is 8.67. The quantitative estimate of drug-likeness (QED) is 0.776. The highest BCUT2D eigenvalue weighted by Gasteiger charge is 2.24. The molecule has 28 heavy (non-hydrogen) atoms. The molecule has 2 amide bonds. The lowest BCUT2D eigenvalue weighted by molar-refractivity contribution is -0.123. The van der Waals surface area contributed by atoms with Crippen LogP contribution in [0.3, 0.4) is 0 Å². The number of amides is 2. The van der Waals surface area contributed by atoms with E-state index in [0.29, 0.717) is 13.1 Å². The maximum atomic E-state index is 12.6. The van der Waals surface area contributed by atoms with Gasteiger partial charge in [0.1, 0.15) is 0 Å². The maximum Gasteiger partial charge on any atom is 0.227 e. The number of hydrogen-bond acceptors (Lipinski definition) is 3. The minimum atomic E-state index is -0.215. The molecule has 0 bridgehead atoms. The fourth-order valence-electron chi connectivity index (χ4n) is 3.84. The van der Waals surface area contributed by atoms with E-state index < -0.39 is 0 Å². The van der Waals surface area contributed by atoms with E-state index in [-0.39, 0.29) is 23.7 Å².